The highest BCUT2D eigenvalue weighted by Crippen LogP contribution is 2.17. The second-order valence-corrected chi connectivity index (χ2v) is 6.80. The van der Waals surface area contributed by atoms with Crippen LogP contribution in [-0.4, -0.2) is 36.3 Å². The maximum atomic E-state index is 12.5. The van der Waals surface area contributed by atoms with Crippen molar-refractivity contribution in [1.29, 1.82) is 0 Å². The molecule has 0 unspecified atom stereocenters. The summed E-state index contributed by atoms with van der Waals surface area (Å²) in [4.78, 5) is 7.20. The number of aromatic nitrogens is 2. The van der Waals surface area contributed by atoms with Gasteiger partial charge in [0.15, 0.2) is 0 Å². The van der Waals surface area contributed by atoms with Gasteiger partial charge in [0.25, 0.3) is 0 Å². The van der Waals surface area contributed by atoms with Gasteiger partial charge in [-0.3, -0.25) is 4.98 Å². The molecule has 6 nitrogen and oxygen atoms in total. The Labute approximate surface area is 125 Å². The minimum absolute atomic E-state index is 0.284. The zero-order chi connectivity index (χ0) is 15.3. The first kappa shape index (κ1) is 15.7. The monoisotopic (exact) mass is 308 g/mol. The summed E-state index contributed by atoms with van der Waals surface area (Å²) in [6.45, 7) is 3.78. The molecule has 114 valence electrons. The molecule has 21 heavy (non-hydrogen) atoms. The van der Waals surface area contributed by atoms with Crippen LogP contribution in [0.15, 0.2) is 41.7 Å². The van der Waals surface area contributed by atoms with Crippen LogP contribution in [-0.2, 0) is 23.1 Å². The Bertz CT molecular complexity index is 667. The van der Waals surface area contributed by atoms with Crippen molar-refractivity contribution in [1.82, 2.24) is 19.6 Å². The van der Waals surface area contributed by atoms with E-state index < -0.39 is 10.0 Å². The maximum Gasteiger partial charge on any atom is 0.244 e. The second kappa shape index (κ2) is 6.84. The number of rotatable bonds is 7. The Morgan fingerprint density at radius 2 is 2.05 bits per heavy atom. The van der Waals surface area contributed by atoms with Crippen molar-refractivity contribution in [2.75, 3.05) is 13.6 Å². The van der Waals surface area contributed by atoms with Crippen molar-refractivity contribution in [3.63, 3.8) is 0 Å². The van der Waals surface area contributed by atoms with Gasteiger partial charge in [-0.25, -0.2) is 8.42 Å². The number of sulfonamides is 1. The van der Waals surface area contributed by atoms with E-state index in [1.54, 1.807) is 37.6 Å². The van der Waals surface area contributed by atoms with Crippen LogP contribution in [0.4, 0.5) is 0 Å². The van der Waals surface area contributed by atoms with E-state index in [9.17, 15) is 8.42 Å². The van der Waals surface area contributed by atoms with Crippen LogP contribution in [0.5, 0.6) is 0 Å². The topological polar surface area (TPSA) is 78.1 Å². The fourth-order valence-corrected chi connectivity index (χ4v) is 3.12. The third kappa shape index (κ3) is 3.90. The molecule has 0 bridgehead atoms. The molecule has 0 amide bonds. The average Bonchev–Trinajstić information content (AvgIpc) is 2.95. The largest absolute Gasteiger partial charge is 0.363 e. The molecule has 0 aromatic carbocycles. The van der Waals surface area contributed by atoms with Crippen LogP contribution in [0, 0.1) is 0 Å². The predicted molar refractivity (Wildman–Crippen MR) is 81.1 cm³/mol. The average molecular weight is 308 g/mol. The third-order valence-electron chi connectivity index (χ3n) is 3.14. The van der Waals surface area contributed by atoms with Crippen LogP contribution < -0.4 is 5.32 Å². The van der Waals surface area contributed by atoms with Gasteiger partial charge >= 0.3 is 0 Å². The second-order valence-electron chi connectivity index (χ2n) is 4.76. The first-order valence-electron chi connectivity index (χ1n) is 6.77. The Balaban J connectivity index is 2.11. The zero-order valence-corrected chi connectivity index (χ0v) is 13.0. The normalized spacial score (nSPS) is 12.0. The molecule has 2 rings (SSSR count). The molecule has 2 N–H and O–H groups in total. The van der Waals surface area contributed by atoms with Gasteiger partial charge in [0.1, 0.15) is 0 Å². The number of aromatic amines is 1. The van der Waals surface area contributed by atoms with E-state index in [1.807, 2.05) is 6.92 Å². The summed E-state index contributed by atoms with van der Waals surface area (Å²) in [6.07, 6.45) is 4.84. The van der Waals surface area contributed by atoms with E-state index in [4.69, 9.17) is 0 Å². The van der Waals surface area contributed by atoms with Crippen molar-refractivity contribution in [2.45, 2.75) is 24.9 Å². The van der Waals surface area contributed by atoms with Gasteiger partial charge in [-0.05, 0) is 30.3 Å². The fraction of sp³-hybridized carbons (Fsp3) is 0.357. The summed E-state index contributed by atoms with van der Waals surface area (Å²) in [5.74, 6) is 0. The summed E-state index contributed by atoms with van der Waals surface area (Å²) < 4.78 is 26.3. The molecule has 0 saturated heterocycles. The molecule has 0 aliphatic heterocycles. The van der Waals surface area contributed by atoms with Gasteiger partial charge in [0, 0.05) is 44.4 Å². The lowest BCUT2D eigenvalue weighted by Crippen LogP contribution is -2.26. The number of hydrogen-bond donors (Lipinski definition) is 2. The highest BCUT2D eigenvalue weighted by molar-refractivity contribution is 7.89. The Kier molecular flexibility index (Phi) is 5.11. The lowest BCUT2D eigenvalue weighted by atomic mass is 10.3. The lowest BCUT2D eigenvalue weighted by Gasteiger charge is -2.16. The third-order valence-corrected chi connectivity index (χ3v) is 4.93. The molecule has 2 heterocycles. The van der Waals surface area contributed by atoms with E-state index in [2.05, 4.69) is 15.3 Å². The number of nitrogens with one attached hydrogen (secondary N) is 2. The summed E-state index contributed by atoms with van der Waals surface area (Å²) >= 11 is 0. The molecular weight excluding hydrogens is 288 g/mol. The molecule has 2 aromatic rings. The minimum atomic E-state index is -3.49. The van der Waals surface area contributed by atoms with Gasteiger partial charge in [0.05, 0.1) is 4.90 Å². The van der Waals surface area contributed by atoms with Crippen LogP contribution in [0.1, 0.15) is 18.2 Å². The molecule has 0 saturated carbocycles. The van der Waals surface area contributed by atoms with E-state index in [-0.39, 0.29) is 4.90 Å². The predicted octanol–water partition coefficient (Wildman–Crippen LogP) is 1.34. The van der Waals surface area contributed by atoms with Gasteiger partial charge < -0.3 is 10.3 Å². The van der Waals surface area contributed by atoms with Crippen molar-refractivity contribution in [3.05, 3.63) is 48.0 Å². The minimum Gasteiger partial charge on any atom is -0.363 e. The van der Waals surface area contributed by atoms with Gasteiger partial charge in [-0.15, -0.1) is 0 Å². The summed E-state index contributed by atoms with van der Waals surface area (Å²) in [7, 11) is -1.91. The molecule has 2 aromatic heterocycles. The standard InChI is InChI=1S/C14H20N4O2S/c1-3-15-9-13-8-14(10-17-13)21(19,20)18(2)11-12-4-6-16-7-5-12/h4-8,10,15,17H,3,9,11H2,1-2H3. The van der Waals surface area contributed by atoms with Gasteiger partial charge in [0.2, 0.25) is 10.0 Å². The highest BCUT2D eigenvalue weighted by atomic mass is 32.2. The molecule has 0 aliphatic carbocycles. The Morgan fingerprint density at radius 3 is 2.71 bits per heavy atom. The maximum absolute atomic E-state index is 12.5. The number of hydrogen-bond acceptors (Lipinski definition) is 4. The van der Waals surface area contributed by atoms with Crippen LogP contribution >= 0.6 is 0 Å². The van der Waals surface area contributed by atoms with Crippen LogP contribution in [0.3, 0.4) is 0 Å². The molecule has 0 fully saturated rings. The number of H-pyrrole nitrogens is 1. The molecule has 7 heteroatoms. The first-order valence-corrected chi connectivity index (χ1v) is 8.21. The van der Waals surface area contributed by atoms with Crippen LogP contribution in [0.25, 0.3) is 0 Å². The smallest absolute Gasteiger partial charge is 0.244 e. The van der Waals surface area contributed by atoms with Gasteiger partial charge in [-0.1, -0.05) is 6.92 Å². The first-order chi connectivity index (χ1) is 10.0. The number of nitrogens with zero attached hydrogens (tertiary/aromatic N) is 2. The quantitative estimate of drug-likeness (QED) is 0.809. The van der Waals surface area contributed by atoms with Crippen LogP contribution in [0.2, 0.25) is 0 Å². The highest BCUT2D eigenvalue weighted by Gasteiger charge is 2.22. The number of pyridine rings is 1. The van der Waals surface area contributed by atoms with Crippen molar-refractivity contribution >= 4 is 10.0 Å². The van der Waals surface area contributed by atoms with Crippen molar-refractivity contribution in [3.8, 4) is 0 Å². The molecule has 0 radical (unpaired) electrons. The van der Waals surface area contributed by atoms with E-state index >= 15 is 0 Å². The van der Waals surface area contributed by atoms with E-state index in [1.165, 1.54) is 10.5 Å². The summed E-state index contributed by atoms with van der Waals surface area (Å²) in [5.41, 5.74) is 1.76. The Morgan fingerprint density at radius 1 is 1.33 bits per heavy atom. The summed E-state index contributed by atoms with van der Waals surface area (Å²) in [5, 5.41) is 3.15. The SMILES string of the molecule is CCNCc1cc(S(=O)(=O)N(C)Cc2ccncc2)c[nH]1. The lowest BCUT2D eigenvalue weighted by molar-refractivity contribution is 0.466. The molecule has 0 aliphatic rings. The van der Waals surface area contributed by atoms with Crippen molar-refractivity contribution < 1.29 is 8.42 Å². The fourth-order valence-electron chi connectivity index (χ4n) is 1.94. The molecule has 0 atom stereocenters. The van der Waals surface area contributed by atoms with E-state index in [0.717, 1.165) is 17.8 Å². The Hall–Kier alpha value is -1.70. The van der Waals surface area contributed by atoms with E-state index in [0.29, 0.717) is 13.1 Å². The van der Waals surface area contributed by atoms with Gasteiger partial charge in [-0.2, -0.15) is 4.31 Å². The van der Waals surface area contributed by atoms with Crippen molar-refractivity contribution in [2.24, 2.45) is 0 Å². The molecule has 0 spiro atoms. The molecular formula is C14H20N4O2S. The summed E-state index contributed by atoms with van der Waals surface area (Å²) in [6, 6.07) is 5.28. The zero-order valence-electron chi connectivity index (χ0n) is 12.2.